The van der Waals surface area contributed by atoms with Crippen LogP contribution >= 0.6 is 11.8 Å². The molecule has 0 heterocycles. The number of non-ortho nitro benzene ring substituents is 1. The van der Waals surface area contributed by atoms with Gasteiger partial charge < -0.3 is 0 Å². The topological polar surface area (TPSA) is 43.1 Å². The number of nitro groups is 1. The second-order valence-corrected chi connectivity index (χ2v) is 4.63. The Morgan fingerprint density at radius 3 is 1.75 bits per heavy atom. The SMILES string of the molecule is O=[N+]([O-])c1ccc(SC(F)(F)C(F)(F)C(F)(F)F)cc1. The van der Waals surface area contributed by atoms with Gasteiger partial charge in [-0.3, -0.25) is 10.1 Å². The highest BCUT2D eigenvalue weighted by Crippen LogP contribution is 2.53. The van der Waals surface area contributed by atoms with Crippen LogP contribution in [0, 0.1) is 10.1 Å². The molecule has 3 nitrogen and oxygen atoms in total. The lowest BCUT2D eigenvalue weighted by Gasteiger charge is -2.27. The summed E-state index contributed by atoms with van der Waals surface area (Å²) in [5, 5.41) is 4.83. The van der Waals surface area contributed by atoms with Gasteiger partial charge in [-0.15, -0.1) is 0 Å². The number of hydrogen-bond acceptors (Lipinski definition) is 3. The molecule has 112 valence electrons. The summed E-state index contributed by atoms with van der Waals surface area (Å²) in [6.45, 7) is 0. The summed E-state index contributed by atoms with van der Waals surface area (Å²) in [5.41, 5.74) is -0.514. The summed E-state index contributed by atoms with van der Waals surface area (Å²) in [7, 11) is 0. The van der Waals surface area contributed by atoms with Gasteiger partial charge in [0.15, 0.2) is 0 Å². The highest BCUT2D eigenvalue weighted by atomic mass is 32.2. The minimum atomic E-state index is -6.41. The molecular formula is C9H4F7NO2S. The monoisotopic (exact) mass is 323 g/mol. The van der Waals surface area contributed by atoms with Crippen LogP contribution in [0.25, 0.3) is 0 Å². The molecule has 0 spiro atoms. The number of benzene rings is 1. The van der Waals surface area contributed by atoms with Crippen LogP contribution in [0.2, 0.25) is 0 Å². The van der Waals surface area contributed by atoms with Crippen molar-refractivity contribution in [3.8, 4) is 0 Å². The first-order valence-electron chi connectivity index (χ1n) is 4.64. The molecule has 0 aromatic heterocycles. The third-order valence-corrected chi connectivity index (χ3v) is 3.04. The fourth-order valence-corrected chi connectivity index (χ4v) is 1.83. The first-order valence-corrected chi connectivity index (χ1v) is 5.46. The maximum absolute atomic E-state index is 13.0. The van der Waals surface area contributed by atoms with Gasteiger partial charge in [0.2, 0.25) is 0 Å². The molecule has 11 heteroatoms. The van der Waals surface area contributed by atoms with Gasteiger partial charge in [0, 0.05) is 17.0 Å². The average Bonchev–Trinajstić information content (AvgIpc) is 2.27. The number of halogens is 7. The summed E-state index contributed by atoms with van der Waals surface area (Å²) in [5.74, 6) is -6.23. The predicted molar refractivity (Wildman–Crippen MR) is 54.9 cm³/mol. The van der Waals surface area contributed by atoms with Crippen LogP contribution in [0.1, 0.15) is 0 Å². The van der Waals surface area contributed by atoms with Gasteiger partial charge in [-0.2, -0.15) is 30.7 Å². The van der Waals surface area contributed by atoms with Crippen molar-refractivity contribution in [1.29, 1.82) is 0 Å². The van der Waals surface area contributed by atoms with Crippen molar-refractivity contribution >= 4 is 17.4 Å². The molecule has 0 aliphatic heterocycles. The lowest BCUT2D eigenvalue weighted by molar-refractivity contribution is -0.384. The molecule has 0 radical (unpaired) electrons. The average molecular weight is 323 g/mol. The second kappa shape index (κ2) is 5.11. The quantitative estimate of drug-likeness (QED) is 0.355. The van der Waals surface area contributed by atoms with Crippen molar-refractivity contribution in [3.63, 3.8) is 0 Å². The molecule has 20 heavy (non-hydrogen) atoms. The summed E-state index contributed by atoms with van der Waals surface area (Å²) in [6, 6.07) is 2.74. The Balaban J connectivity index is 2.99. The maximum Gasteiger partial charge on any atom is 0.460 e. The number of nitro benzene ring substituents is 1. The lowest BCUT2D eigenvalue weighted by atomic mass is 10.3. The van der Waals surface area contributed by atoms with Crippen LogP contribution < -0.4 is 0 Å². The largest absolute Gasteiger partial charge is 0.460 e. The van der Waals surface area contributed by atoms with Gasteiger partial charge in [0.05, 0.1) is 4.92 Å². The molecular weight excluding hydrogens is 319 g/mol. The van der Waals surface area contributed by atoms with Crippen LogP contribution in [0.3, 0.4) is 0 Å². The molecule has 0 fully saturated rings. The zero-order valence-electron chi connectivity index (χ0n) is 9.13. The van der Waals surface area contributed by atoms with E-state index in [1.165, 1.54) is 0 Å². The molecule has 1 rings (SSSR count). The van der Waals surface area contributed by atoms with E-state index in [4.69, 9.17) is 0 Å². The number of nitrogens with zero attached hydrogens (tertiary/aromatic N) is 1. The second-order valence-electron chi connectivity index (χ2n) is 3.44. The van der Waals surface area contributed by atoms with Gasteiger partial charge in [-0.25, -0.2) is 0 Å². The molecule has 0 aliphatic rings. The smallest absolute Gasteiger partial charge is 0.258 e. The summed E-state index contributed by atoms with van der Waals surface area (Å²) in [4.78, 5) is 8.73. The van der Waals surface area contributed by atoms with E-state index in [0.29, 0.717) is 24.3 Å². The summed E-state index contributed by atoms with van der Waals surface area (Å²) in [6.07, 6.45) is -6.41. The Kier molecular flexibility index (Phi) is 4.22. The molecule has 0 atom stereocenters. The summed E-state index contributed by atoms with van der Waals surface area (Å²) < 4.78 is 86.8. The fraction of sp³-hybridized carbons (Fsp3) is 0.333. The Bertz CT molecular complexity index is 500. The van der Waals surface area contributed by atoms with E-state index in [1.54, 1.807) is 0 Å². The third kappa shape index (κ3) is 3.14. The first-order chi connectivity index (χ1) is 8.88. The van der Waals surface area contributed by atoms with Crippen molar-refractivity contribution in [2.75, 3.05) is 0 Å². The highest BCUT2D eigenvalue weighted by Gasteiger charge is 2.73. The van der Waals surface area contributed by atoms with Crippen LogP contribution in [-0.4, -0.2) is 22.3 Å². The molecule has 0 amide bonds. The van der Waals surface area contributed by atoms with Crippen molar-refractivity contribution < 1.29 is 35.7 Å². The van der Waals surface area contributed by atoms with E-state index in [9.17, 15) is 40.8 Å². The third-order valence-electron chi connectivity index (χ3n) is 2.02. The van der Waals surface area contributed by atoms with Crippen LogP contribution in [0.5, 0.6) is 0 Å². The van der Waals surface area contributed by atoms with Gasteiger partial charge in [-0.05, 0) is 23.9 Å². The van der Waals surface area contributed by atoms with Crippen molar-refractivity contribution in [2.24, 2.45) is 0 Å². The Hall–Kier alpha value is -1.52. The molecule has 0 unspecified atom stereocenters. The van der Waals surface area contributed by atoms with Crippen molar-refractivity contribution in [2.45, 2.75) is 22.2 Å². The Morgan fingerprint density at radius 1 is 0.950 bits per heavy atom. The molecule has 0 N–H and O–H groups in total. The van der Waals surface area contributed by atoms with Gasteiger partial charge in [0.25, 0.3) is 5.69 Å². The highest BCUT2D eigenvalue weighted by molar-refractivity contribution is 8.00. The number of alkyl halides is 7. The van der Waals surface area contributed by atoms with E-state index in [2.05, 4.69) is 0 Å². The normalized spacial score (nSPS) is 13.3. The number of hydrogen-bond donors (Lipinski definition) is 0. The minimum Gasteiger partial charge on any atom is -0.258 e. The van der Waals surface area contributed by atoms with Gasteiger partial charge in [-0.1, -0.05) is 0 Å². The van der Waals surface area contributed by atoms with E-state index in [-0.39, 0.29) is 0 Å². The molecule has 0 aliphatic carbocycles. The first kappa shape index (κ1) is 16.5. The van der Waals surface area contributed by atoms with Crippen molar-refractivity contribution in [3.05, 3.63) is 34.4 Å². The minimum absolute atomic E-state index is 0.514. The zero-order valence-corrected chi connectivity index (χ0v) is 9.94. The zero-order chi connectivity index (χ0) is 15.8. The van der Waals surface area contributed by atoms with Crippen LogP contribution in [0.15, 0.2) is 29.2 Å². The Labute approximate surface area is 110 Å². The van der Waals surface area contributed by atoms with E-state index in [0.717, 1.165) is 0 Å². The maximum atomic E-state index is 13.0. The van der Waals surface area contributed by atoms with Gasteiger partial charge >= 0.3 is 17.4 Å². The number of thioether (sulfide) groups is 1. The molecule has 0 saturated heterocycles. The fourth-order valence-electron chi connectivity index (χ4n) is 1.01. The van der Waals surface area contributed by atoms with E-state index < -0.39 is 44.6 Å². The van der Waals surface area contributed by atoms with Crippen LogP contribution in [-0.2, 0) is 0 Å². The predicted octanol–water partition coefficient (Wildman–Crippen LogP) is 4.48. The Morgan fingerprint density at radius 2 is 1.40 bits per heavy atom. The van der Waals surface area contributed by atoms with E-state index >= 15 is 0 Å². The summed E-state index contributed by atoms with van der Waals surface area (Å²) >= 11 is -1.03. The molecule has 0 bridgehead atoms. The standard InChI is InChI=1S/C9H4F7NO2S/c10-7(11,8(12,13)14)9(15,16)20-6-3-1-5(2-4-6)17(18)19/h1-4H. The van der Waals surface area contributed by atoms with Gasteiger partial charge in [0.1, 0.15) is 0 Å². The molecule has 1 aromatic carbocycles. The van der Waals surface area contributed by atoms with E-state index in [1.807, 2.05) is 0 Å². The van der Waals surface area contributed by atoms with Crippen LogP contribution in [0.4, 0.5) is 36.4 Å². The van der Waals surface area contributed by atoms with Crippen molar-refractivity contribution in [1.82, 2.24) is 0 Å². The lowest BCUT2D eigenvalue weighted by Crippen LogP contribution is -2.49. The molecule has 1 aromatic rings. The molecule has 0 saturated carbocycles. The number of rotatable bonds is 4.